The summed E-state index contributed by atoms with van der Waals surface area (Å²) in [6, 6.07) is 3.81. The Morgan fingerprint density at radius 2 is 2.00 bits per heavy atom. The third kappa shape index (κ3) is 7.55. The highest BCUT2D eigenvalue weighted by Crippen LogP contribution is 2.31. The van der Waals surface area contributed by atoms with E-state index in [4.69, 9.17) is 9.47 Å². The summed E-state index contributed by atoms with van der Waals surface area (Å²) in [5, 5.41) is 2.26. The molecule has 10 heteroatoms. The van der Waals surface area contributed by atoms with E-state index in [1.54, 1.807) is 6.92 Å². The van der Waals surface area contributed by atoms with Gasteiger partial charge in [0.15, 0.2) is 11.6 Å². The van der Waals surface area contributed by atoms with Crippen molar-refractivity contribution < 1.29 is 31.9 Å². The zero-order valence-electron chi connectivity index (χ0n) is 17.6. The monoisotopic (exact) mass is 456 g/mol. The van der Waals surface area contributed by atoms with Gasteiger partial charge in [0, 0.05) is 19.1 Å². The number of carbonyl (C=O) groups excluding carboxylic acids is 2. The lowest BCUT2D eigenvalue weighted by molar-refractivity contribution is -0.137. The molecule has 3 rings (SSSR count). The first kappa shape index (κ1) is 23.6. The lowest BCUT2D eigenvalue weighted by Gasteiger charge is -2.20. The largest absolute Gasteiger partial charge is 0.490 e. The Morgan fingerprint density at radius 3 is 2.71 bits per heavy atom. The summed E-state index contributed by atoms with van der Waals surface area (Å²) in [6.45, 7) is 2.50. The molecule has 1 saturated carbocycles. The maximum absolute atomic E-state index is 13.9. The minimum Gasteiger partial charge on any atom is -0.490 e. The molecule has 1 aromatic rings. The number of hydrogen-bond acceptors (Lipinski definition) is 6. The molecule has 1 aliphatic heterocycles. The van der Waals surface area contributed by atoms with Crippen LogP contribution in [-0.2, 0) is 24.3 Å². The van der Waals surface area contributed by atoms with E-state index in [9.17, 15) is 22.4 Å². The van der Waals surface area contributed by atoms with Crippen LogP contribution in [-0.4, -0.2) is 45.8 Å². The first-order valence-electron chi connectivity index (χ1n) is 10.6. The third-order valence-electron chi connectivity index (χ3n) is 5.36. The van der Waals surface area contributed by atoms with Crippen LogP contribution in [0.25, 0.3) is 0 Å². The van der Waals surface area contributed by atoms with Crippen LogP contribution in [0.1, 0.15) is 50.6 Å². The molecule has 8 nitrogen and oxygen atoms in total. The number of carbonyl (C=O) groups is 2. The highest BCUT2D eigenvalue weighted by Gasteiger charge is 2.26. The highest BCUT2D eigenvalue weighted by molar-refractivity contribution is 7.89. The molecule has 172 valence electrons. The van der Waals surface area contributed by atoms with Gasteiger partial charge in [-0.25, -0.2) is 17.5 Å². The molecule has 31 heavy (non-hydrogen) atoms. The van der Waals surface area contributed by atoms with Crippen LogP contribution in [0.3, 0.4) is 0 Å². The molecule has 2 amide bonds. The quantitative estimate of drug-likeness (QED) is 0.368. The van der Waals surface area contributed by atoms with Gasteiger partial charge in [-0.2, -0.15) is 0 Å². The highest BCUT2D eigenvalue weighted by atomic mass is 32.2. The van der Waals surface area contributed by atoms with Crippen molar-refractivity contribution in [2.75, 3.05) is 25.6 Å². The smallest absolute Gasteiger partial charge is 0.232 e. The Bertz CT molecular complexity index is 903. The number of amides is 2. The van der Waals surface area contributed by atoms with E-state index >= 15 is 0 Å². The van der Waals surface area contributed by atoms with Crippen molar-refractivity contribution >= 4 is 21.8 Å². The first-order chi connectivity index (χ1) is 14.7. The lowest BCUT2D eigenvalue weighted by Crippen LogP contribution is -2.42. The van der Waals surface area contributed by atoms with Crippen LogP contribution < -0.4 is 14.8 Å². The van der Waals surface area contributed by atoms with Crippen LogP contribution in [0.2, 0.25) is 0 Å². The second-order valence-electron chi connectivity index (χ2n) is 8.18. The van der Waals surface area contributed by atoms with E-state index in [0.717, 1.165) is 12.8 Å². The van der Waals surface area contributed by atoms with Crippen LogP contribution >= 0.6 is 0 Å². The third-order valence-corrected chi connectivity index (χ3v) is 6.90. The second kappa shape index (κ2) is 10.5. The Hall–Kier alpha value is -2.04. The fourth-order valence-corrected chi connectivity index (χ4v) is 4.55. The molecule has 0 radical (unpaired) electrons. The zero-order chi connectivity index (χ0) is 22.4. The maximum Gasteiger partial charge on any atom is 0.232 e. The molecular formula is C21H29FN2O6S. The number of halogens is 1. The first-order valence-corrected chi connectivity index (χ1v) is 12.2. The predicted octanol–water partition coefficient (Wildman–Crippen LogP) is 2.05. The minimum absolute atomic E-state index is 0.136. The van der Waals surface area contributed by atoms with Gasteiger partial charge in [-0.15, -0.1) is 0 Å². The normalized spacial score (nSPS) is 20.4. The van der Waals surface area contributed by atoms with Crippen molar-refractivity contribution in [3.8, 4) is 5.75 Å². The van der Waals surface area contributed by atoms with Gasteiger partial charge in [0.2, 0.25) is 21.8 Å². The average Bonchev–Trinajstić information content (AvgIpc) is 3.52. The van der Waals surface area contributed by atoms with Crippen molar-refractivity contribution in [1.29, 1.82) is 0 Å². The molecule has 2 N–H and O–H groups in total. The van der Waals surface area contributed by atoms with Gasteiger partial charge >= 0.3 is 0 Å². The molecule has 1 aliphatic carbocycles. The fourth-order valence-electron chi connectivity index (χ4n) is 3.26. The zero-order valence-corrected chi connectivity index (χ0v) is 18.4. The summed E-state index contributed by atoms with van der Waals surface area (Å²) in [5.41, 5.74) is 0.616. The van der Waals surface area contributed by atoms with E-state index < -0.39 is 21.9 Å². The number of hydrogen-bond donors (Lipinski definition) is 2. The SMILES string of the molecule is C[C@@H](NS(=O)(=O)CCCOCC1CCC(=O)NC1=O)c1ccc(F)c(OCC2CC2)c1. The topological polar surface area (TPSA) is 111 Å². The Balaban J connectivity index is 1.40. The van der Waals surface area contributed by atoms with Crippen LogP contribution in [0, 0.1) is 17.7 Å². The number of nitrogens with one attached hydrogen (secondary N) is 2. The van der Waals surface area contributed by atoms with Gasteiger partial charge in [-0.1, -0.05) is 6.07 Å². The minimum atomic E-state index is -3.58. The molecule has 1 unspecified atom stereocenters. The van der Waals surface area contributed by atoms with E-state index in [1.165, 1.54) is 18.2 Å². The van der Waals surface area contributed by atoms with Crippen molar-refractivity contribution in [3.05, 3.63) is 29.6 Å². The fraction of sp³-hybridized carbons (Fsp3) is 0.619. The lowest BCUT2D eigenvalue weighted by atomic mass is 9.99. The summed E-state index contributed by atoms with van der Waals surface area (Å²) in [7, 11) is -3.58. The molecule has 2 fully saturated rings. The van der Waals surface area contributed by atoms with E-state index in [2.05, 4.69) is 10.0 Å². The van der Waals surface area contributed by atoms with Gasteiger partial charge in [-0.3, -0.25) is 14.9 Å². The van der Waals surface area contributed by atoms with Gasteiger partial charge in [0.1, 0.15) is 0 Å². The number of ether oxygens (including phenoxy) is 2. The van der Waals surface area contributed by atoms with Crippen LogP contribution in [0.5, 0.6) is 5.75 Å². The second-order valence-corrected chi connectivity index (χ2v) is 10.1. The van der Waals surface area contributed by atoms with E-state index in [1.807, 2.05) is 0 Å². The molecule has 1 saturated heterocycles. The van der Waals surface area contributed by atoms with E-state index in [-0.39, 0.29) is 55.3 Å². The van der Waals surface area contributed by atoms with Crippen LogP contribution in [0.4, 0.5) is 4.39 Å². The van der Waals surface area contributed by atoms with Crippen molar-refractivity contribution in [1.82, 2.24) is 10.0 Å². The molecule has 2 aliphatic rings. The van der Waals surface area contributed by atoms with Gasteiger partial charge < -0.3 is 9.47 Å². The Morgan fingerprint density at radius 1 is 1.23 bits per heavy atom. The van der Waals surface area contributed by atoms with Crippen LogP contribution in [0.15, 0.2) is 18.2 Å². The molecule has 1 aromatic carbocycles. The number of imide groups is 1. The Labute approximate surface area is 181 Å². The molecular weight excluding hydrogens is 427 g/mol. The predicted molar refractivity (Wildman–Crippen MR) is 111 cm³/mol. The molecule has 1 heterocycles. The number of benzene rings is 1. The summed E-state index contributed by atoms with van der Waals surface area (Å²) >= 11 is 0. The maximum atomic E-state index is 13.9. The standard InChI is InChI=1S/C21H29FN2O6S/c1-14(16-5-7-18(22)19(11-16)30-12-15-3-4-15)24-31(27,28)10-2-9-29-13-17-6-8-20(25)23-21(17)26/h5,7,11,14-15,17,24H,2-4,6,8-10,12-13H2,1H3,(H,23,25,26)/t14-,17?/m1/s1. The summed E-state index contributed by atoms with van der Waals surface area (Å²) in [4.78, 5) is 22.8. The van der Waals surface area contributed by atoms with Crippen molar-refractivity contribution in [2.24, 2.45) is 11.8 Å². The number of piperidine rings is 1. The van der Waals surface area contributed by atoms with Crippen molar-refractivity contribution in [2.45, 2.75) is 45.1 Å². The average molecular weight is 457 g/mol. The van der Waals surface area contributed by atoms with Gasteiger partial charge in [0.05, 0.1) is 24.9 Å². The molecule has 2 atom stereocenters. The molecule has 0 bridgehead atoms. The Kier molecular flexibility index (Phi) is 8.01. The van der Waals surface area contributed by atoms with Crippen molar-refractivity contribution in [3.63, 3.8) is 0 Å². The number of rotatable bonds is 12. The van der Waals surface area contributed by atoms with Gasteiger partial charge in [-0.05, 0) is 56.2 Å². The van der Waals surface area contributed by atoms with E-state index in [0.29, 0.717) is 24.5 Å². The molecule has 0 aromatic heterocycles. The van der Waals surface area contributed by atoms with Gasteiger partial charge in [0.25, 0.3) is 0 Å². The summed E-state index contributed by atoms with van der Waals surface area (Å²) in [6.07, 6.45) is 3.16. The molecule has 0 spiro atoms. The number of sulfonamides is 1. The summed E-state index contributed by atoms with van der Waals surface area (Å²) in [5.74, 6) is -1.00. The summed E-state index contributed by atoms with van der Waals surface area (Å²) < 4.78 is 52.2.